The van der Waals surface area contributed by atoms with Gasteiger partial charge in [-0.3, -0.25) is 4.98 Å². The van der Waals surface area contributed by atoms with Crippen LogP contribution in [0.5, 0.6) is 0 Å². The third kappa shape index (κ3) is 7.91. The van der Waals surface area contributed by atoms with Gasteiger partial charge in [0, 0.05) is 43.6 Å². The van der Waals surface area contributed by atoms with E-state index in [1.807, 2.05) is 24.3 Å². The number of benzene rings is 2. The summed E-state index contributed by atoms with van der Waals surface area (Å²) in [6.07, 6.45) is 0.378. The number of rotatable bonds is 12. The molecule has 5 N–H and O–H groups in total. The molecular weight excluding hydrogens is 559 g/mol. The Morgan fingerprint density at radius 3 is 2.24 bits per heavy atom. The van der Waals surface area contributed by atoms with Gasteiger partial charge in [-0.25, -0.2) is 18.7 Å². The fourth-order valence-electron chi connectivity index (χ4n) is 3.87. The second kappa shape index (κ2) is 13.7. The molecule has 13 heteroatoms. The van der Waals surface area contributed by atoms with Crippen molar-refractivity contribution in [1.29, 1.82) is 0 Å². The molecule has 2 heterocycles. The zero-order valence-electron chi connectivity index (χ0n) is 22.1. The zero-order valence-corrected chi connectivity index (χ0v) is 22.1. The third-order valence-electron chi connectivity index (χ3n) is 6.10. The van der Waals surface area contributed by atoms with E-state index >= 15 is 0 Å². The van der Waals surface area contributed by atoms with Crippen molar-refractivity contribution in [1.82, 2.24) is 20.3 Å². The lowest BCUT2D eigenvalue weighted by Gasteiger charge is -2.17. The normalized spacial score (nSPS) is 11.8. The lowest BCUT2D eigenvalue weighted by molar-refractivity contribution is -0.137. The van der Waals surface area contributed by atoms with Crippen molar-refractivity contribution < 1.29 is 32.2 Å². The standard InChI is InChI=1S/C29H27F5N6O2/c30-23-7-4-19(10-24(23)31)13-36-26(17-42)22-11-21(29(32,33)34)14-40-28(22)39-12-18-2-5-20(6-3-18)25-15-38-27(16-37-25)35-8-1-9-41/h2-7,10-11,14-17,36,41-42H,1,8-9,12-13H2,(H,35,38)(H,39,40)/b26-17-. The minimum atomic E-state index is -4.69. The average molecular weight is 587 g/mol. The van der Waals surface area contributed by atoms with E-state index in [2.05, 4.69) is 30.9 Å². The fourth-order valence-corrected chi connectivity index (χ4v) is 3.87. The highest BCUT2D eigenvalue weighted by atomic mass is 19.4. The fraction of sp³-hybridized carbons (Fsp3) is 0.207. The van der Waals surface area contributed by atoms with Gasteiger partial charge in [0.15, 0.2) is 11.6 Å². The second-order valence-electron chi connectivity index (χ2n) is 9.10. The van der Waals surface area contributed by atoms with Crippen LogP contribution in [0, 0.1) is 11.6 Å². The molecular formula is C29H27F5N6O2. The predicted molar refractivity (Wildman–Crippen MR) is 148 cm³/mol. The molecule has 220 valence electrons. The SMILES string of the molecule is O/C=C(\NCc1ccc(F)c(F)c1)c1cc(C(F)(F)F)cnc1NCc1ccc(-c2cnc(NCCCO)cn2)cc1. The molecule has 0 fully saturated rings. The monoisotopic (exact) mass is 586 g/mol. The van der Waals surface area contributed by atoms with Crippen molar-refractivity contribution >= 4 is 17.3 Å². The number of anilines is 2. The molecule has 4 aromatic rings. The maximum atomic E-state index is 13.6. The Morgan fingerprint density at radius 1 is 0.833 bits per heavy atom. The van der Waals surface area contributed by atoms with Crippen molar-refractivity contribution in [3.8, 4) is 11.3 Å². The van der Waals surface area contributed by atoms with Crippen LogP contribution < -0.4 is 16.0 Å². The highest BCUT2D eigenvalue weighted by molar-refractivity contribution is 5.73. The van der Waals surface area contributed by atoms with Gasteiger partial charge in [0.05, 0.1) is 29.3 Å². The molecule has 0 spiro atoms. The van der Waals surface area contributed by atoms with Crippen LogP contribution in [0.2, 0.25) is 0 Å². The van der Waals surface area contributed by atoms with Gasteiger partial charge in [0.1, 0.15) is 17.9 Å². The molecule has 0 bridgehead atoms. The maximum absolute atomic E-state index is 13.6. The van der Waals surface area contributed by atoms with Crippen LogP contribution in [0.4, 0.5) is 33.6 Å². The molecule has 0 amide bonds. The highest BCUT2D eigenvalue weighted by Crippen LogP contribution is 2.33. The first-order chi connectivity index (χ1) is 20.2. The summed E-state index contributed by atoms with van der Waals surface area (Å²) in [6.45, 7) is 0.726. The van der Waals surface area contributed by atoms with Crippen LogP contribution in [0.25, 0.3) is 17.0 Å². The number of hydrogen-bond donors (Lipinski definition) is 5. The van der Waals surface area contributed by atoms with Gasteiger partial charge in [-0.05, 0) is 35.7 Å². The average Bonchev–Trinajstić information content (AvgIpc) is 2.99. The van der Waals surface area contributed by atoms with E-state index in [9.17, 15) is 27.1 Å². The highest BCUT2D eigenvalue weighted by Gasteiger charge is 2.32. The number of nitrogens with zero attached hydrogens (tertiary/aromatic N) is 3. The van der Waals surface area contributed by atoms with Crippen molar-refractivity contribution in [3.63, 3.8) is 0 Å². The Morgan fingerprint density at radius 2 is 1.60 bits per heavy atom. The predicted octanol–water partition coefficient (Wildman–Crippen LogP) is 5.89. The quantitative estimate of drug-likeness (QED) is 0.0794. The lowest BCUT2D eigenvalue weighted by Crippen LogP contribution is -2.16. The van der Waals surface area contributed by atoms with Gasteiger partial charge in [-0.2, -0.15) is 13.2 Å². The molecule has 0 aliphatic heterocycles. The first-order valence-corrected chi connectivity index (χ1v) is 12.8. The molecule has 2 aromatic carbocycles. The summed E-state index contributed by atoms with van der Waals surface area (Å²) >= 11 is 0. The van der Waals surface area contributed by atoms with E-state index in [-0.39, 0.29) is 36.8 Å². The van der Waals surface area contributed by atoms with Gasteiger partial charge in [0.2, 0.25) is 0 Å². The minimum Gasteiger partial charge on any atom is -0.513 e. The first-order valence-electron chi connectivity index (χ1n) is 12.8. The Bertz CT molecular complexity index is 1510. The van der Waals surface area contributed by atoms with Crippen molar-refractivity contribution in [3.05, 3.63) is 107 Å². The summed E-state index contributed by atoms with van der Waals surface area (Å²) in [5.41, 5.74) is 1.31. The zero-order chi connectivity index (χ0) is 30.1. The van der Waals surface area contributed by atoms with Crippen molar-refractivity contribution in [2.75, 3.05) is 23.8 Å². The van der Waals surface area contributed by atoms with Crippen LogP contribution in [0.15, 0.2) is 73.4 Å². The second-order valence-corrected chi connectivity index (χ2v) is 9.10. The van der Waals surface area contributed by atoms with Gasteiger partial charge >= 0.3 is 6.18 Å². The Labute approximate surface area is 238 Å². The number of pyridine rings is 1. The summed E-state index contributed by atoms with van der Waals surface area (Å²) < 4.78 is 67.2. The molecule has 4 rings (SSSR count). The van der Waals surface area contributed by atoms with E-state index < -0.39 is 23.4 Å². The van der Waals surface area contributed by atoms with E-state index in [0.717, 1.165) is 29.3 Å². The van der Waals surface area contributed by atoms with Crippen LogP contribution in [-0.2, 0) is 19.3 Å². The van der Waals surface area contributed by atoms with Gasteiger partial charge in [0.25, 0.3) is 0 Å². The number of halogens is 5. The van der Waals surface area contributed by atoms with E-state index in [4.69, 9.17) is 5.11 Å². The minimum absolute atomic E-state index is 0.0558. The van der Waals surface area contributed by atoms with Gasteiger partial charge in [-0.15, -0.1) is 0 Å². The number of aliphatic hydroxyl groups excluding tert-OH is 2. The van der Waals surface area contributed by atoms with Crippen molar-refractivity contribution in [2.24, 2.45) is 0 Å². The summed E-state index contributed by atoms with van der Waals surface area (Å²) in [6, 6.07) is 11.3. The molecule has 0 atom stereocenters. The Hall–Kier alpha value is -4.78. The largest absolute Gasteiger partial charge is 0.513 e. The first kappa shape index (κ1) is 30.2. The molecule has 0 aliphatic carbocycles. The number of aromatic nitrogens is 3. The van der Waals surface area contributed by atoms with E-state index in [0.29, 0.717) is 42.5 Å². The summed E-state index contributed by atoms with van der Waals surface area (Å²) in [5, 5.41) is 27.5. The van der Waals surface area contributed by atoms with Crippen LogP contribution in [0.3, 0.4) is 0 Å². The number of alkyl halides is 3. The maximum Gasteiger partial charge on any atom is 0.417 e. The molecule has 0 aliphatic rings. The van der Waals surface area contributed by atoms with Gasteiger partial charge in [-0.1, -0.05) is 30.3 Å². The van der Waals surface area contributed by atoms with Crippen molar-refractivity contribution in [2.45, 2.75) is 25.7 Å². The number of aliphatic hydroxyl groups is 2. The topological polar surface area (TPSA) is 115 Å². The number of nitrogens with one attached hydrogen (secondary N) is 3. The van der Waals surface area contributed by atoms with Gasteiger partial charge < -0.3 is 26.2 Å². The summed E-state index contributed by atoms with van der Waals surface area (Å²) in [5.74, 6) is -1.47. The molecule has 0 unspecified atom stereocenters. The van der Waals surface area contributed by atoms with Crippen LogP contribution >= 0.6 is 0 Å². The molecule has 42 heavy (non-hydrogen) atoms. The summed E-state index contributed by atoms with van der Waals surface area (Å²) in [7, 11) is 0. The lowest BCUT2D eigenvalue weighted by atomic mass is 10.1. The number of hydrogen-bond acceptors (Lipinski definition) is 8. The molecule has 0 radical (unpaired) electrons. The van der Waals surface area contributed by atoms with Crippen LogP contribution in [-0.4, -0.2) is 38.3 Å². The third-order valence-corrected chi connectivity index (χ3v) is 6.10. The van der Waals surface area contributed by atoms with Crippen LogP contribution in [0.1, 0.15) is 28.7 Å². The smallest absolute Gasteiger partial charge is 0.417 e. The van der Waals surface area contributed by atoms with E-state index in [1.54, 1.807) is 12.4 Å². The molecule has 8 nitrogen and oxygen atoms in total. The molecule has 2 aromatic heterocycles. The Balaban J connectivity index is 1.48. The Kier molecular flexibility index (Phi) is 9.86. The van der Waals surface area contributed by atoms with E-state index in [1.165, 1.54) is 6.07 Å². The summed E-state index contributed by atoms with van der Waals surface area (Å²) in [4.78, 5) is 12.6. The molecule has 0 saturated heterocycles. The molecule has 0 saturated carbocycles.